The molecule has 0 atom stereocenters. The molecule has 12 heteroatoms. The van der Waals surface area contributed by atoms with Gasteiger partial charge in [-0.25, -0.2) is 0 Å². The van der Waals surface area contributed by atoms with E-state index in [0.29, 0.717) is 35.2 Å². The van der Waals surface area contributed by atoms with Crippen LogP contribution in [0.4, 0.5) is 17.3 Å². The van der Waals surface area contributed by atoms with Gasteiger partial charge in [0.2, 0.25) is 17.0 Å². The summed E-state index contributed by atoms with van der Waals surface area (Å²) in [5.74, 6) is 1.43. The van der Waals surface area contributed by atoms with Gasteiger partial charge in [0.25, 0.3) is 11.8 Å². The molecule has 1 aromatic heterocycles. The lowest BCUT2D eigenvalue weighted by Crippen LogP contribution is -2.39. The normalized spacial score (nSPS) is 13.5. The highest BCUT2D eigenvalue weighted by atomic mass is 35.5. The lowest BCUT2D eigenvalue weighted by atomic mass is 9.86. The number of amides is 2. The largest absolute Gasteiger partial charge is 0.495 e. The van der Waals surface area contributed by atoms with Crippen molar-refractivity contribution in [2.24, 2.45) is 0 Å². The number of piperidine rings is 1. The highest BCUT2D eigenvalue weighted by molar-refractivity contribution is 6.30. The SMILES string of the molecule is C=CC(=O)Nc1cccc(Oc2nc(Nc3cc(C)c(C4CCN(C(=O)CCN(C)C)CC4)cc3OC)nnc2Cl)c1. The first kappa shape index (κ1) is 30.7. The molecule has 2 N–H and O–H groups in total. The number of aromatic nitrogens is 3. The van der Waals surface area contributed by atoms with Gasteiger partial charge in [-0.15, -0.1) is 10.2 Å². The first-order chi connectivity index (χ1) is 20.2. The van der Waals surface area contributed by atoms with Crippen LogP contribution in [0.25, 0.3) is 0 Å². The van der Waals surface area contributed by atoms with Crippen molar-refractivity contribution in [1.82, 2.24) is 25.0 Å². The van der Waals surface area contributed by atoms with Gasteiger partial charge in [-0.3, -0.25) is 9.59 Å². The Morgan fingerprint density at radius 1 is 1.19 bits per heavy atom. The molecule has 222 valence electrons. The van der Waals surface area contributed by atoms with E-state index in [1.54, 1.807) is 31.4 Å². The molecule has 2 aromatic carbocycles. The van der Waals surface area contributed by atoms with Gasteiger partial charge in [0.15, 0.2) is 0 Å². The van der Waals surface area contributed by atoms with Gasteiger partial charge < -0.3 is 29.9 Å². The number of benzene rings is 2. The summed E-state index contributed by atoms with van der Waals surface area (Å²) in [6, 6.07) is 10.8. The molecule has 0 unspecified atom stereocenters. The Labute approximate surface area is 250 Å². The maximum Gasteiger partial charge on any atom is 0.262 e. The number of nitrogens with one attached hydrogen (secondary N) is 2. The zero-order valence-corrected chi connectivity index (χ0v) is 25.1. The lowest BCUT2D eigenvalue weighted by Gasteiger charge is -2.33. The quantitative estimate of drug-likeness (QED) is 0.290. The third-order valence-electron chi connectivity index (χ3n) is 7.01. The molecule has 3 aromatic rings. The number of carbonyl (C=O) groups is 2. The summed E-state index contributed by atoms with van der Waals surface area (Å²) in [6.45, 7) is 7.76. The zero-order chi connectivity index (χ0) is 30.2. The summed E-state index contributed by atoms with van der Waals surface area (Å²) in [4.78, 5) is 32.6. The van der Waals surface area contributed by atoms with E-state index in [0.717, 1.165) is 38.0 Å². The topological polar surface area (TPSA) is 122 Å². The molecule has 0 saturated carbocycles. The Morgan fingerprint density at radius 2 is 1.95 bits per heavy atom. The number of methoxy groups -OCH3 is 1. The van der Waals surface area contributed by atoms with Crippen LogP contribution in [0.15, 0.2) is 49.1 Å². The Morgan fingerprint density at radius 3 is 2.64 bits per heavy atom. The highest BCUT2D eigenvalue weighted by Gasteiger charge is 2.26. The Kier molecular flexibility index (Phi) is 10.3. The third-order valence-corrected chi connectivity index (χ3v) is 7.25. The van der Waals surface area contributed by atoms with Gasteiger partial charge in [-0.2, -0.15) is 4.98 Å². The minimum Gasteiger partial charge on any atom is -0.495 e. The van der Waals surface area contributed by atoms with Crippen molar-refractivity contribution in [3.05, 3.63) is 65.3 Å². The number of likely N-dealkylation sites (tertiary alicyclic amines) is 1. The monoisotopic (exact) mass is 593 g/mol. The number of rotatable bonds is 11. The third kappa shape index (κ3) is 7.95. The molecule has 0 radical (unpaired) electrons. The lowest BCUT2D eigenvalue weighted by molar-refractivity contribution is -0.132. The number of halogens is 1. The molecule has 0 spiro atoms. The number of hydrogen-bond donors (Lipinski definition) is 2. The number of carbonyl (C=O) groups excluding carboxylic acids is 2. The van der Waals surface area contributed by atoms with Crippen molar-refractivity contribution in [2.75, 3.05) is 51.5 Å². The molecule has 1 aliphatic heterocycles. The van der Waals surface area contributed by atoms with E-state index in [4.69, 9.17) is 21.1 Å². The van der Waals surface area contributed by atoms with E-state index < -0.39 is 0 Å². The molecule has 1 fully saturated rings. The average molecular weight is 594 g/mol. The van der Waals surface area contributed by atoms with E-state index in [1.165, 1.54) is 11.6 Å². The van der Waals surface area contributed by atoms with Crippen molar-refractivity contribution < 1.29 is 19.1 Å². The smallest absolute Gasteiger partial charge is 0.262 e. The highest BCUT2D eigenvalue weighted by Crippen LogP contribution is 2.38. The zero-order valence-electron chi connectivity index (χ0n) is 24.3. The summed E-state index contributed by atoms with van der Waals surface area (Å²) in [6.07, 6.45) is 3.51. The second kappa shape index (κ2) is 14.1. The van der Waals surface area contributed by atoms with Crippen LogP contribution in [-0.2, 0) is 9.59 Å². The summed E-state index contributed by atoms with van der Waals surface area (Å²) in [5, 5.41) is 13.9. The number of nitrogens with zero attached hydrogens (tertiary/aromatic N) is 5. The van der Waals surface area contributed by atoms with Crippen LogP contribution < -0.4 is 20.1 Å². The van der Waals surface area contributed by atoms with Crippen LogP contribution in [0.1, 0.15) is 36.3 Å². The first-order valence-electron chi connectivity index (χ1n) is 13.7. The second-order valence-corrected chi connectivity index (χ2v) is 10.7. The van der Waals surface area contributed by atoms with Crippen molar-refractivity contribution in [3.63, 3.8) is 0 Å². The van der Waals surface area contributed by atoms with Gasteiger partial charge in [0.1, 0.15) is 11.5 Å². The predicted octanol–water partition coefficient (Wildman–Crippen LogP) is 5.16. The maximum absolute atomic E-state index is 12.6. The molecule has 4 rings (SSSR count). The second-order valence-electron chi connectivity index (χ2n) is 10.3. The standard InChI is InChI=1S/C30H36ClN7O4/c1-6-26(39)32-21-8-7-9-22(17-21)42-29-28(31)35-36-30(34-29)33-24-16-19(2)23(18-25(24)41-5)20-10-14-38(15-11-20)27(40)12-13-37(3)4/h6-9,16-18,20H,1,10-15H2,2-5H3,(H,32,39)(H,33,34,36). The molecule has 0 bridgehead atoms. The van der Waals surface area contributed by atoms with E-state index >= 15 is 0 Å². The van der Waals surface area contributed by atoms with Gasteiger partial charge >= 0.3 is 0 Å². The summed E-state index contributed by atoms with van der Waals surface area (Å²) >= 11 is 6.22. The summed E-state index contributed by atoms with van der Waals surface area (Å²) in [7, 11) is 5.57. The van der Waals surface area contributed by atoms with Crippen molar-refractivity contribution in [1.29, 1.82) is 0 Å². The van der Waals surface area contributed by atoms with Crippen LogP contribution >= 0.6 is 11.6 Å². The Hall–Kier alpha value is -4.22. The molecular weight excluding hydrogens is 558 g/mol. The number of hydrogen-bond acceptors (Lipinski definition) is 9. The fraction of sp³-hybridized carbons (Fsp3) is 0.367. The minimum absolute atomic E-state index is 0.0221. The molecule has 1 aliphatic rings. The van der Waals surface area contributed by atoms with Crippen LogP contribution in [0, 0.1) is 6.92 Å². The molecule has 1 saturated heterocycles. The molecule has 42 heavy (non-hydrogen) atoms. The minimum atomic E-state index is -0.341. The summed E-state index contributed by atoms with van der Waals surface area (Å²) in [5.41, 5.74) is 3.47. The van der Waals surface area contributed by atoms with Crippen molar-refractivity contribution in [3.8, 4) is 17.4 Å². The molecular formula is C30H36ClN7O4. The number of aryl methyl sites for hydroxylation is 1. The van der Waals surface area contributed by atoms with Crippen LogP contribution in [0.2, 0.25) is 5.15 Å². The van der Waals surface area contributed by atoms with E-state index in [2.05, 4.69) is 39.3 Å². The molecule has 0 aliphatic carbocycles. The van der Waals surface area contributed by atoms with Crippen LogP contribution in [-0.4, -0.2) is 77.6 Å². The Bertz CT molecular complexity index is 1440. The fourth-order valence-corrected chi connectivity index (χ4v) is 4.93. The van der Waals surface area contributed by atoms with E-state index in [9.17, 15) is 9.59 Å². The fourth-order valence-electron chi connectivity index (χ4n) is 4.81. The number of ether oxygens (including phenoxy) is 2. The van der Waals surface area contributed by atoms with Gasteiger partial charge in [0.05, 0.1) is 12.8 Å². The van der Waals surface area contributed by atoms with Gasteiger partial charge in [-0.05, 0) is 81.2 Å². The Balaban J connectivity index is 1.46. The van der Waals surface area contributed by atoms with E-state index in [1.807, 2.05) is 36.0 Å². The maximum atomic E-state index is 12.6. The predicted molar refractivity (Wildman–Crippen MR) is 163 cm³/mol. The molecule has 2 amide bonds. The first-order valence-corrected chi connectivity index (χ1v) is 14.0. The van der Waals surface area contributed by atoms with Crippen molar-refractivity contribution in [2.45, 2.75) is 32.1 Å². The van der Waals surface area contributed by atoms with Gasteiger partial charge in [0, 0.05) is 37.8 Å². The number of anilines is 3. The van der Waals surface area contributed by atoms with Crippen LogP contribution in [0.5, 0.6) is 17.4 Å². The van der Waals surface area contributed by atoms with Crippen LogP contribution in [0.3, 0.4) is 0 Å². The molecule has 2 heterocycles. The van der Waals surface area contributed by atoms with Gasteiger partial charge in [-0.1, -0.05) is 24.2 Å². The average Bonchev–Trinajstić information content (AvgIpc) is 2.98. The summed E-state index contributed by atoms with van der Waals surface area (Å²) < 4.78 is 11.6. The van der Waals surface area contributed by atoms with Crippen molar-refractivity contribution >= 4 is 40.7 Å². The van der Waals surface area contributed by atoms with E-state index in [-0.39, 0.29) is 28.8 Å². The molecule has 11 nitrogen and oxygen atoms in total.